The molecule has 58 valence electrons. The zero-order valence-corrected chi connectivity index (χ0v) is 6.58. The summed E-state index contributed by atoms with van der Waals surface area (Å²) in [6.07, 6.45) is 3.10. The fourth-order valence-electron chi connectivity index (χ4n) is 1.13. The maximum atomic E-state index is 5.15. The van der Waals surface area contributed by atoms with Gasteiger partial charge in [-0.2, -0.15) is 0 Å². The molecular formula is C7H14N2O. The third-order valence-corrected chi connectivity index (χ3v) is 1.66. The van der Waals surface area contributed by atoms with Gasteiger partial charge in [-0.05, 0) is 14.0 Å². The number of rotatable bonds is 2. The van der Waals surface area contributed by atoms with Gasteiger partial charge in [-0.3, -0.25) is 0 Å². The third kappa shape index (κ3) is 1.99. The summed E-state index contributed by atoms with van der Waals surface area (Å²) in [7, 11) is 2.10. The second-order valence-corrected chi connectivity index (χ2v) is 2.64. The SMILES string of the molecule is C/C=N\OC1CCN(C)C1. The van der Waals surface area contributed by atoms with E-state index in [0.29, 0.717) is 6.10 Å². The molecule has 1 rings (SSSR count). The molecule has 0 saturated carbocycles. The zero-order chi connectivity index (χ0) is 7.40. The summed E-state index contributed by atoms with van der Waals surface area (Å²) >= 11 is 0. The lowest BCUT2D eigenvalue weighted by atomic mass is 10.3. The smallest absolute Gasteiger partial charge is 0.141 e. The first-order valence-electron chi connectivity index (χ1n) is 3.65. The van der Waals surface area contributed by atoms with Gasteiger partial charge in [0, 0.05) is 25.7 Å². The van der Waals surface area contributed by atoms with Gasteiger partial charge in [0.05, 0.1) is 0 Å². The third-order valence-electron chi connectivity index (χ3n) is 1.66. The molecule has 1 saturated heterocycles. The molecule has 0 spiro atoms. The van der Waals surface area contributed by atoms with Crippen molar-refractivity contribution in [1.29, 1.82) is 0 Å². The molecule has 0 aliphatic carbocycles. The number of likely N-dealkylation sites (N-methyl/N-ethyl adjacent to an activating group) is 1. The Kier molecular flexibility index (Phi) is 2.68. The summed E-state index contributed by atoms with van der Waals surface area (Å²) in [4.78, 5) is 7.40. The first kappa shape index (κ1) is 7.54. The fraction of sp³-hybridized carbons (Fsp3) is 0.857. The van der Waals surface area contributed by atoms with Gasteiger partial charge in [0.25, 0.3) is 0 Å². The van der Waals surface area contributed by atoms with Crippen LogP contribution >= 0.6 is 0 Å². The lowest BCUT2D eigenvalue weighted by Gasteiger charge is -2.07. The topological polar surface area (TPSA) is 24.8 Å². The van der Waals surface area contributed by atoms with E-state index in [4.69, 9.17) is 4.84 Å². The highest BCUT2D eigenvalue weighted by molar-refractivity contribution is 5.52. The summed E-state index contributed by atoms with van der Waals surface area (Å²) in [5.41, 5.74) is 0. The van der Waals surface area contributed by atoms with Crippen molar-refractivity contribution < 1.29 is 4.84 Å². The summed E-state index contributed by atoms with van der Waals surface area (Å²) < 4.78 is 0. The van der Waals surface area contributed by atoms with Crippen LogP contribution in [0.1, 0.15) is 13.3 Å². The molecule has 1 aliphatic heterocycles. The van der Waals surface area contributed by atoms with Crippen LogP contribution in [0.3, 0.4) is 0 Å². The molecule has 1 aliphatic rings. The molecule has 0 radical (unpaired) electrons. The van der Waals surface area contributed by atoms with Crippen LogP contribution in [0.25, 0.3) is 0 Å². The molecule has 1 atom stereocenters. The summed E-state index contributed by atoms with van der Waals surface area (Å²) in [6.45, 7) is 4.00. The van der Waals surface area contributed by atoms with Crippen LogP contribution in [0.15, 0.2) is 5.16 Å². The van der Waals surface area contributed by atoms with Crippen LogP contribution in [0.4, 0.5) is 0 Å². The first-order valence-corrected chi connectivity index (χ1v) is 3.65. The van der Waals surface area contributed by atoms with E-state index in [9.17, 15) is 0 Å². The van der Waals surface area contributed by atoms with Gasteiger partial charge < -0.3 is 9.74 Å². The van der Waals surface area contributed by atoms with Gasteiger partial charge in [-0.15, -0.1) is 0 Å². The van der Waals surface area contributed by atoms with Crippen molar-refractivity contribution in [3.63, 3.8) is 0 Å². The van der Waals surface area contributed by atoms with Crippen molar-refractivity contribution in [1.82, 2.24) is 4.90 Å². The van der Waals surface area contributed by atoms with E-state index in [0.717, 1.165) is 19.5 Å². The standard InChI is InChI=1S/C7H14N2O/c1-3-8-10-7-4-5-9(2)6-7/h3,7H,4-6H2,1-2H3/b8-3-. The van der Waals surface area contributed by atoms with Gasteiger partial charge in [0.1, 0.15) is 6.10 Å². The molecule has 0 aromatic heterocycles. The maximum absolute atomic E-state index is 5.15. The molecule has 1 fully saturated rings. The Labute approximate surface area is 61.6 Å². The molecule has 0 amide bonds. The average molecular weight is 142 g/mol. The number of hydrogen-bond donors (Lipinski definition) is 0. The van der Waals surface area contributed by atoms with Crippen molar-refractivity contribution >= 4 is 6.21 Å². The van der Waals surface area contributed by atoms with E-state index >= 15 is 0 Å². The van der Waals surface area contributed by atoms with Gasteiger partial charge >= 0.3 is 0 Å². The Bertz CT molecular complexity index is 125. The predicted octanol–water partition coefficient (Wildman–Crippen LogP) is 0.713. The van der Waals surface area contributed by atoms with Crippen molar-refractivity contribution in [3.8, 4) is 0 Å². The van der Waals surface area contributed by atoms with Gasteiger partial charge in [0.2, 0.25) is 0 Å². The molecule has 0 aromatic rings. The van der Waals surface area contributed by atoms with Crippen molar-refractivity contribution in [2.75, 3.05) is 20.1 Å². The van der Waals surface area contributed by atoms with E-state index in [1.54, 1.807) is 6.21 Å². The van der Waals surface area contributed by atoms with Crippen molar-refractivity contribution in [2.24, 2.45) is 5.16 Å². The predicted molar refractivity (Wildman–Crippen MR) is 41.2 cm³/mol. The molecule has 0 aromatic carbocycles. The minimum atomic E-state index is 0.321. The number of nitrogens with zero attached hydrogens (tertiary/aromatic N) is 2. The highest BCUT2D eigenvalue weighted by atomic mass is 16.6. The first-order chi connectivity index (χ1) is 4.83. The molecule has 1 heterocycles. The normalized spacial score (nSPS) is 28.0. The lowest BCUT2D eigenvalue weighted by Crippen LogP contribution is -2.17. The van der Waals surface area contributed by atoms with Crippen molar-refractivity contribution in [3.05, 3.63) is 0 Å². The summed E-state index contributed by atoms with van der Waals surface area (Å²) in [5.74, 6) is 0. The number of hydrogen-bond acceptors (Lipinski definition) is 3. The van der Waals surface area contributed by atoms with E-state index < -0.39 is 0 Å². The van der Waals surface area contributed by atoms with E-state index in [2.05, 4.69) is 17.1 Å². The van der Waals surface area contributed by atoms with E-state index in [1.165, 1.54) is 0 Å². The van der Waals surface area contributed by atoms with Crippen molar-refractivity contribution in [2.45, 2.75) is 19.4 Å². The molecule has 0 N–H and O–H groups in total. The molecule has 3 heteroatoms. The Balaban J connectivity index is 2.18. The zero-order valence-electron chi connectivity index (χ0n) is 6.58. The Morgan fingerprint density at radius 3 is 3.00 bits per heavy atom. The summed E-state index contributed by atoms with van der Waals surface area (Å²) in [6, 6.07) is 0. The van der Waals surface area contributed by atoms with E-state index in [1.807, 2.05) is 6.92 Å². The van der Waals surface area contributed by atoms with Crippen LogP contribution in [0.5, 0.6) is 0 Å². The minimum Gasteiger partial charge on any atom is -0.391 e. The van der Waals surface area contributed by atoms with E-state index in [-0.39, 0.29) is 0 Å². The largest absolute Gasteiger partial charge is 0.391 e. The Hall–Kier alpha value is -0.570. The highest BCUT2D eigenvalue weighted by Gasteiger charge is 2.20. The lowest BCUT2D eigenvalue weighted by molar-refractivity contribution is 0.0680. The molecular weight excluding hydrogens is 128 g/mol. The van der Waals surface area contributed by atoms with Gasteiger partial charge in [-0.1, -0.05) is 5.16 Å². The Morgan fingerprint density at radius 2 is 2.50 bits per heavy atom. The van der Waals surface area contributed by atoms with Crippen LogP contribution in [-0.2, 0) is 4.84 Å². The minimum absolute atomic E-state index is 0.321. The second kappa shape index (κ2) is 3.56. The Morgan fingerprint density at radius 1 is 1.70 bits per heavy atom. The molecule has 10 heavy (non-hydrogen) atoms. The molecule has 3 nitrogen and oxygen atoms in total. The van der Waals surface area contributed by atoms with Crippen LogP contribution in [0.2, 0.25) is 0 Å². The molecule has 0 bridgehead atoms. The quantitative estimate of drug-likeness (QED) is 0.419. The highest BCUT2D eigenvalue weighted by Crippen LogP contribution is 2.09. The summed E-state index contributed by atoms with van der Waals surface area (Å²) in [5, 5.41) is 3.74. The van der Waals surface area contributed by atoms with Crippen LogP contribution in [-0.4, -0.2) is 37.4 Å². The van der Waals surface area contributed by atoms with Gasteiger partial charge in [0.15, 0.2) is 0 Å². The second-order valence-electron chi connectivity index (χ2n) is 2.64. The maximum Gasteiger partial charge on any atom is 0.141 e. The molecule has 1 unspecified atom stereocenters. The van der Waals surface area contributed by atoms with Crippen LogP contribution in [0, 0.1) is 0 Å². The van der Waals surface area contributed by atoms with Crippen LogP contribution < -0.4 is 0 Å². The number of likely N-dealkylation sites (tertiary alicyclic amines) is 1. The number of oxime groups is 1. The fourth-order valence-corrected chi connectivity index (χ4v) is 1.13. The monoisotopic (exact) mass is 142 g/mol. The van der Waals surface area contributed by atoms with Gasteiger partial charge in [-0.25, -0.2) is 0 Å². The average Bonchev–Trinajstić information content (AvgIpc) is 2.31.